The van der Waals surface area contributed by atoms with E-state index in [1.165, 1.54) is 21.1 Å². The van der Waals surface area contributed by atoms with Gasteiger partial charge in [0.15, 0.2) is 17.6 Å². The zero-order valence-electron chi connectivity index (χ0n) is 16.2. The standard InChI is InChI=1S/C19H25BrN2O6/c1-11(18(24)22-19(25)21-13-6-4-5-7-13)28-17(23)9-12-8-15(26-2)16(27-3)10-14(12)20/h8,10-11,13H,4-7,9H2,1-3H3,(H2,21,22,24,25)/t11-/m0/s1. The predicted octanol–water partition coefficient (Wildman–Crippen LogP) is 2.71. The second kappa shape index (κ2) is 10.3. The van der Waals surface area contributed by atoms with Crippen molar-refractivity contribution in [2.45, 2.75) is 51.2 Å². The maximum Gasteiger partial charge on any atom is 0.321 e. The Labute approximate surface area is 172 Å². The Kier molecular flexibility index (Phi) is 8.10. The number of benzene rings is 1. The third-order valence-corrected chi connectivity index (χ3v) is 5.23. The van der Waals surface area contributed by atoms with Crippen LogP contribution in [0.2, 0.25) is 0 Å². The molecule has 1 aromatic rings. The SMILES string of the molecule is COc1cc(Br)c(CC(=O)O[C@@H](C)C(=O)NC(=O)NC2CCCC2)cc1OC. The summed E-state index contributed by atoms with van der Waals surface area (Å²) in [4.78, 5) is 36.1. The quantitative estimate of drug-likeness (QED) is 0.611. The van der Waals surface area contributed by atoms with Crippen LogP contribution in [0.25, 0.3) is 0 Å². The van der Waals surface area contributed by atoms with E-state index in [0.717, 1.165) is 25.7 Å². The highest BCUT2D eigenvalue weighted by molar-refractivity contribution is 9.10. The number of rotatable bonds is 7. The Morgan fingerprint density at radius 1 is 1.14 bits per heavy atom. The number of esters is 1. The van der Waals surface area contributed by atoms with E-state index in [1.807, 2.05) is 0 Å². The monoisotopic (exact) mass is 456 g/mol. The molecule has 1 aliphatic carbocycles. The van der Waals surface area contributed by atoms with Gasteiger partial charge in [0.05, 0.1) is 20.6 Å². The molecule has 1 atom stereocenters. The Morgan fingerprint density at radius 3 is 2.36 bits per heavy atom. The minimum Gasteiger partial charge on any atom is -0.493 e. The number of imide groups is 1. The summed E-state index contributed by atoms with van der Waals surface area (Å²) in [6.45, 7) is 1.42. The zero-order valence-corrected chi connectivity index (χ0v) is 17.8. The first-order valence-electron chi connectivity index (χ1n) is 9.05. The second-order valence-corrected chi connectivity index (χ2v) is 7.41. The van der Waals surface area contributed by atoms with Crippen molar-refractivity contribution in [2.75, 3.05) is 14.2 Å². The first kappa shape index (κ1) is 22.0. The smallest absolute Gasteiger partial charge is 0.321 e. The summed E-state index contributed by atoms with van der Waals surface area (Å²) >= 11 is 3.37. The lowest BCUT2D eigenvalue weighted by Crippen LogP contribution is -2.47. The second-order valence-electron chi connectivity index (χ2n) is 6.55. The van der Waals surface area contributed by atoms with Crippen LogP contribution in [0, 0.1) is 0 Å². The first-order valence-corrected chi connectivity index (χ1v) is 9.84. The van der Waals surface area contributed by atoms with Crippen molar-refractivity contribution in [2.24, 2.45) is 0 Å². The van der Waals surface area contributed by atoms with E-state index >= 15 is 0 Å². The minimum absolute atomic E-state index is 0.0766. The summed E-state index contributed by atoms with van der Waals surface area (Å²) < 4.78 is 16.2. The van der Waals surface area contributed by atoms with Crippen LogP contribution in [0.5, 0.6) is 11.5 Å². The van der Waals surface area contributed by atoms with Gasteiger partial charge in [0.2, 0.25) is 0 Å². The number of carbonyl (C=O) groups excluding carboxylic acids is 3. The molecule has 3 amide bonds. The lowest BCUT2D eigenvalue weighted by atomic mass is 10.1. The number of methoxy groups -OCH3 is 2. The maximum atomic E-state index is 12.2. The number of hydrogen-bond acceptors (Lipinski definition) is 6. The summed E-state index contributed by atoms with van der Waals surface area (Å²) in [5, 5.41) is 4.95. The number of hydrogen-bond donors (Lipinski definition) is 2. The van der Waals surface area contributed by atoms with Gasteiger partial charge in [-0.2, -0.15) is 0 Å². The molecule has 0 bridgehead atoms. The van der Waals surface area contributed by atoms with Gasteiger partial charge in [-0.1, -0.05) is 28.8 Å². The van der Waals surface area contributed by atoms with Gasteiger partial charge in [0.1, 0.15) is 0 Å². The van der Waals surface area contributed by atoms with Gasteiger partial charge in [0, 0.05) is 10.5 Å². The molecule has 0 spiro atoms. The highest BCUT2D eigenvalue weighted by atomic mass is 79.9. The maximum absolute atomic E-state index is 12.2. The van der Waals surface area contributed by atoms with E-state index in [9.17, 15) is 14.4 Å². The zero-order chi connectivity index (χ0) is 20.7. The van der Waals surface area contributed by atoms with E-state index in [-0.39, 0.29) is 12.5 Å². The van der Waals surface area contributed by atoms with Crippen LogP contribution >= 0.6 is 15.9 Å². The van der Waals surface area contributed by atoms with Crippen molar-refractivity contribution < 1.29 is 28.6 Å². The Hall–Kier alpha value is -2.29. The Morgan fingerprint density at radius 2 is 1.75 bits per heavy atom. The summed E-state index contributed by atoms with van der Waals surface area (Å²) in [7, 11) is 3.01. The highest BCUT2D eigenvalue weighted by Crippen LogP contribution is 2.33. The lowest BCUT2D eigenvalue weighted by molar-refractivity contribution is -0.153. The number of carbonyl (C=O) groups is 3. The molecule has 2 N–H and O–H groups in total. The molecule has 154 valence electrons. The van der Waals surface area contributed by atoms with Gasteiger partial charge >= 0.3 is 12.0 Å². The first-order chi connectivity index (χ1) is 13.3. The lowest BCUT2D eigenvalue weighted by Gasteiger charge is -2.16. The fraction of sp³-hybridized carbons (Fsp3) is 0.526. The van der Waals surface area contributed by atoms with E-state index in [4.69, 9.17) is 14.2 Å². The Bertz CT molecular complexity index is 733. The molecule has 0 saturated heterocycles. The third kappa shape index (κ3) is 6.12. The minimum atomic E-state index is -1.10. The van der Waals surface area contributed by atoms with Crippen molar-refractivity contribution in [1.29, 1.82) is 0 Å². The summed E-state index contributed by atoms with van der Waals surface area (Å²) in [6.07, 6.45) is 2.78. The number of urea groups is 1. The fourth-order valence-electron chi connectivity index (χ4n) is 2.98. The molecular weight excluding hydrogens is 432 g/mol. The van der Waals surface area contributed by atoms with Gasteiger partial charge < -0.3 is 19.5 Å². The van der Waals surface area contributed by atoms with Gasteiger partial charge in [-0.05, 0) is 37.5 Å². The summed E-state index contributed by atoms with van der Waals surface area (Å²) in [5.41, 5.74) is 0.620. The molecule has 9 heteroatoms. The van der Waals surface area contributed by atoms with Crippen LogP contribution in [-0.4, -0.2) is 44.3 Å². The van der Waals surface area contributed by atoms with Gasteiger partial charge in [0.25, 0.3) is 5.91 Å². The van der Waals surface area contributed by atoms with Crippen LogP contribution in [0.15, 0.2) is 16.6 Å². The third-order valence-electron chi connectivity index (χ3n) is 4.49. The van der Waals surface area contributed by atoms with E-state index < -0.39 is 24.0 Å². The highest BCUT2D eigenvalue weighted by Gasteiger charge is 2.23. The van der Waals surface area contributed by atoms with Gasteiger partial charge in [-0.15, -0.1) is 0 Å². The fourth-order valence-corrected chi connectivity index (χ4v) is 3.45. The molecule has 1 aliphatic rings. The van der Waals surface area contributed by atoms with E-state index in [2.05, 4.69) is 26.6 Å². The molecular formula is C19H25BrN2O6. The van der Waals surface area contributed by atoms with Crippen molar-refractivity contribution >= 4 is 33.8 Å². The van der Waals surface area contributed by atoms with Crippen molar-refractivity contribution in [1.82, 2.24) is 10.6 Å². The molecule has 2 rings (SSSR count). The largest absolute Gasteiger partial charge is 0.493 e. The molecule has 1 fully saturated rings. The van der Waals surface area contributed by atoms with E-state index in [1.54, 1.807) is 12.1 Å². The van der Waals surface area contributed by atoms with Gasteiger partial charge in [-0.3, -0.25) is 14.9 Å². The molecule has 0 aliphatic heterocycles. The average Bonchev–Trinajstić information content (AvgIpc) is 3.15. The van der Waals surface area contributed by atoms with Crippen molar-refractivity contribution in [3.8, 4) is 11.5 Å². The number of nitrogens with one attached hydrogen (secondary N) is 2. The van der Waals surface area contributed by atoms with Crippen LogP contribution < -0.4 is 20.1 Å². The molecule has 0 aromatic heterocycles. The van der Waals surface area contributed by atoms with Crippen LogP contribution in [0.1, 0.15) is 38.2 Å². The van der Waals surface area contributed by atoms with Crippen molar-refractivity contribution in [3.05, 3.63) is 22.2 Å². The summed E-state index contributed by atoms with van der Waals surface area (Å²) in [5.74, 6) is -0.280. The molecule has 8 nitrogen and oxygen atoms in total. The molecule has 1 saturated carbocycles. The van der Waals surface area contributed by atoms with Gasteiger partial charge in [-0.25, -0.2) is 4.79 Å². The van der Waals surface area contributed by atoms with Crippen LogP contribution in [0.4, 0.5) is 4.79 Å². The number of ether oxygens (including phenoxy) is 3. The number of amides is 3. The van der Waals surface area contributed by atoms with Crippen LogP contribution in [0.3, 0.4) is 0 Å². The van der Waals surface area contributed by atoms with Crippen LogP contribution in [-0.2, 0) is 20.7 Å². The average molecular weight is 457 g/mol. The molecule has 1 aromatic carbocycles. The predicted molar refractivity (Wildman–Crippen MR) is 105 cm³/mol. The molecule has 28 heavy (non-hydrogen) atoms. The van der Waals surface area contributed by atoms with Crippen molar-refractivity contribution in [3.63, 3.8) is 0 Å². The Balaban J connectivity index is 1.87. The summed E-state index contributed by atoms with van der Waals surface area (Å²) in [6, 6.07) is 2.87. The molecule has 0 radical (unpaired) electrons. The normalized spacial score (nSPS) is 14.9. The molecule has 0 unspecified atom stereocenters. The number of halogens is 1. The van der Waals surface area contributed by atoms with E-state index in [0.29, 0.717) is 21.5 Å². The topological polar surface area (TPSA) is 103 Å². The molecule has 0 heterocycles.